The van der Waals surface area contributed by atoms with Gasteiger partial charge in [-0.15, -0.1) is 0 Å². The Morgan fingerprint density at radius 2 is 1.93 bits per heavy atom. The summed E-state index contributed by atoms with van der Waals surface area (Å²) in [4.78, 5) is 15.8. The Hall–Kier alpha value is -2.55. The Balaban J connectivity index is 1.54. The summed E-state index contributed by atoms with van der Waals surface area (Å²) in [6, 6.07) is 11.1. The smallest absolute Gasteiger partial charge is 0.264 e. The maximum Gasteiger partial charge on any atom is 0.264 e. The highest BCUT2D eigenvalue weighted by Gasteiger charge is 2.38. The van der Waals surface area contributed by atoms with Crippen LogP contribution >= 0.6 is 11.6 Å². The number of allylic oxidation sites excluding steroid dienone is 1. The molecule has 0 aromatic heterocycles. The van der Waals surface area contributed by atoms with Crippen molar-refractivity contribution in [1.29, 1.82) is 0 Å². The maximum atomic E-state index is 13.6. The summed E-state index contributed by atoms with van der Waals surface area (Å²) in [5, 5.41) is 11.1. The predicted octanol–water partition coefficient (Wildman–Crippen LogP) is 6.52. The molecule has 2 aliphatic heterocycles. The molecular formula is C34H45ClN2O5S. The molecule has 0 saturated heterocycles. The van der Waals surface area contributed by atoms with E-state index in [1.165, 1.54) is 5.56 Å². The Kier molecular flexibility index (Phi) is 10.1. The van der Waals surface area contributed by atoms with E-state index in [0.29, 0.717) is 36.1 Å². The lowest BCUT2D eigenvalue weighted by Gasteiger charge is -2.42. The second kappa shape index (κ2) is 13.6. The molecule has 2 heterocycles. The van der Waals surface area contributed by atoms with Gasteiger partial charge in [-0.05, 0) is 110 Å². The molecule has 2 aromatic carbocycles. The predicted molar refractivity (Wildman–Crippen MR) is 172 cm³/mol. The van der Waals surface area contributed by atoms with Crippen LogP contribution < -0.4 is 14.4 Å². The number of amides is 1. The van der Waals surface area contributed by atoms with E-state index in [2.05, 4.69) is 9.62 Å². The molecule has 43 heavy (non-hydrogen) atoms. The number of aliphatic hydroxyl groups is 1. The van der Waals surface area contributed by atoms with Gasteiger partial charge >= 0.3 is 0 Å². The fraction of sp³-hybridized carbons (Fsp3) is 0.559. The fourth-order valence-electron chi connectivity index (χ4n) is 6.75. The number of carbonyl (C=O) groups is 1. The maximum absolute atomic E-state index is 13.6. The number of hydrogen-bond acceptors (Lipinski definition) is 6. The van der Waals surface area contributed by atoms with Gasteiger partial charge in [0.25, 0.3) is 5.91 Å². The number of rotatable bonds is 2. The van der Waals surface area contributed by atoms with Crippen LogP contribution in [0.3, 0.4) is 0 Å². The van der Waals surface area contributed by atoms with Crippen molar-refractivity contribution >= 4 is 33.2 Å². The van der Waals surface area contributed by atoms with Gasteiger partial charge in [-0.25, -0.2) is 13.1 Å². The first-order valence-corrected chi connectivity index (χ1v) is 17.6. The summed E-state index contributed by atoms with van der Waals surface area (Å²) in [6.45, 7) is 7.72. The van der Waals surface area contributed by atoms with E-state index >= 15 is 0 Å². The van der Waals surface area contributed by atoms with Crippen LogP contribution in [0.25, 0.3) is 0 Å². The highest BCUT2D eigenvalue weighted by atomic mass is 35.5. The molecule has 1 amide bonds. The fourth-order valence-corrected chi connectivity index (χ4v) is 8.84. The van der Waals surface area contributed by atoms with Crippen LogP contribution in [-0.2, 0) is 23.1 Å². The number of anilines is 1. The van der Waals surface area contributed by atoms with E-state index < -0.39 is 27.3 Å². The van der Waals surface area contributed by atoms with Gasteiger partial charge in [0.2, 0.25) is 10.0 Å². The van der Waals surface area contributed by atoms with Crippen molar-refractivity contribution < 1.29 is 23.1 Å². The van der Waals surface area contributed by atoms with Crippen LogP contribution in [0, 0.1) is 23.7 Å². The summed E-state index contributed by atoms with van der Waals surface area (Å²) in [6.07, 6.45) is 8.89. The quantitative estimate of drug-likeness (QED) is 0.368. The number of aliphatic hydroxyl groups excluding tert-OH is 1. The first-order valence-electron chi connectivity index (χ1n) is 15.7. The van der Waals surface area contributed by atoms with Crippen molar-refractivity contribution in [2.75, 3.05) is 18.0 Å². The minimum Gasteiger partial charge on any atom is -0.487 e. The molecule has 5 atom stereocenters. The number of sulfonamides is 1. The van der Waals surface area contributed by atoms with Gasteiger partial charge < -0.3 is 14.7 Å². The van der Waals surface area contributed by atoms with E-state index in [1.807, 2.05) is 51.1 Å². The molecule has 2 N–H and O–H groups in total. The van der Waals surface area contributed by atoms with Gasteiger partial charge in [-0.3, -0.25) is 4.79 Å². The molecule has 1 aliphatic carbocycles. The highest BCUT2D eigenvalue weighted by Crippen LogP contribution is 2.41. The standard InChI is InChI=1S/C34H45ClN2O5S/c1-22(2)17-33-23(3)7-6-9-31(38)29-14-11-26(29)20-37-16-5-4-8-24-18-28(35)13-10-27(24)21-42-32-15-12-25(19-30(32)37)34(39)36-43(33,40)41/h6,9-10,12-13,15,18-19,22-23,26,29,31,33,38H,4-5,7-8,11,14,16-17,20-21H2,1-3H3,(H,36,39)/b9-6+/t23-,26-,29+,31-,33+/m0/s1. The van der Waals surface area contributed by atoms with Crippen molar-refractivity contribution in [2.24, 2.45) is 23.7 Å². The minimum absolute atomic E-state index is 0.134. The van der Waals surface area contributed by atoms with Crippen molar-refractivity contribution in [3.63, 3.8) is 0 Å². The molecule has 5 rings (SSSR count). The number of hydrogen-bond donors (Lipinski definition) is 2. The summed E-state index contributed by atoms with van der Waals surface area (Å²) in [7, 11) is -3.97. The number of ether oxygens (including phenoxy) is 1. The normalized spacial score (nSPS) is 28.7. The summed E-state index contributed by atoms with van der Waals surface area (Å²) >= 11 is 6.32. The van der Waals surface area contributed by atoms with E-state index in [4.69, 9.17) is 16.3 Å². The van der Waals surface area contributed by atoms with Crippen LogP contribution in [0.5, 0.6) is 5.75 Å². The van der Waals surface area contributed by atoms with E-state index in [9.17, 15) is 18.3 Å². The molecule has 1 fully saturated rings. The van der Waals surface area contributed by atoms with E-state index in [0.717, 1.165) is 56.4 Å². The number of carbonyl (C=O) groups excluding carboxylic acids is 1. The second-order valence-electron chi connectivity index (χ2n) is 13.1. The third-order valence-corrected chi connectivity index (χ3v) is 11.6. The van der Waals surface area contributed by atoms with Crippen molar-refractivity contribution in [3.05, 3.63) is 70.3 Å². The highest BCUT2D eigenvalue weighted by molar-refractivity contribution is 7.90. The van der Waals surface area contributed by atoms with Gasteiger partial charge in [0, 0.05) is 23.7 Å². The van der Waals surface area contributed by atoms with Gasteiger partial charge in [-0.2, -0.15) is 0 Å². The Morgan fingerprint density at radius 3 is 2.67 bits per heavy atom. The second-order valence-corrected chi connectivity index (χ2v) is 15.4. The lowest BCUT2D eigenvalue weighted by molar-refractivity contribution is 0.0461. The molecule has 3 aliphatic rings. The molecule has 0 radical (unpaired) electrons. The Bertz CT molecular complexity index is 1440. The number of benzene rings is 2. The minimum atomic E-state index is -3.97. The molecule has 7 nitrogen and oxygen atoms in total. The Morgan fingerprint density at radius 1 is 1.12 bits per heavy atom. The van der Waals surface area contributed by atoms with Crippen molar-refractivity contribution in [1.82, 2.24) is 4.72 Å². The number of nitrogens with one attached hydrogen (secondary N) is 1. The first-order chi connectivity index (χ1) is 20.5. The van der Waals surface area contributed by atoms with Gasteiger partial charge in [0.15, 0.2) is 0 Å². The van der Waals surface area contributed by atoms with Crippen LogP contribution in [0.15, 0.2) is 48.6 Å². The van der Waals surface area contributed by atoms with Crippen molar-refractivity contribution in [3.8, 4) is 5.75 Å². The average Bonchev–Trinajstić information content (AvgIpc) is 2.96. The number of nitrogens with zero attached hydrogens (tertiary/aromatic N) is 1. The molecular weight excluding hydrogens is 584 g/mol. The lowest BCUT2D eigenvalue weighted by Crippen LogP contribution is -2.44. The molecule has 2 aromatic rings. The molecule has 234 valence electrons. The Labute approximate surface area is 261 Å². The van der Waals surface area contributed by atoms with Gasteiger partial charge in [0.05, 0.1) is 17.0 Å². The molecule has 0 spiro atoms. The van der Waals surface area contributed by atoms with Crippen LogP contribution in [0.2, 0.25) is 5.02 Å². The summed E-state index contributed by atoms with van der Waals surface area (Å²) in [5.74, 6) is 0.356. The van der Waals surface area contributed by atoms with Crippen LogP contribution in [0.1, 0.15) is 80.8 Å². The topological polar surface area (TPSA) is 95.9 Å². The third-order valence-electron chi connectivity index (χ3n) is 9.42. The van der Waals surface area contributed by atoms with Gasteiger partial charge in [0.1, 0.15) is 12.4 Å². The lowest BCUT2D eigenvalue weighted by atomic mass is 9.70. The molecule has 1 saturated carbocycles. The number of fused-ring (bicyclic) bond motifs is 3. The van der Waals surface area contributed by atoms with E-state index in [-0.39, 0.29) is 23.3 Å². The van der Waals surface area contributed by atoms with E-state index in [1.54, 1.807) is 18.2 Å². The number of halogens is 1. The summed E-state index contributed by atoms with van der Waals surface area (Å²) in [5.41, 5.74) is 3.31. The number of aryl methyl sites for hydroxylation is 1. The zero-order valence-electron chi connectivity index (χ0n) is 25.5. The molecule has 9 heteroatoms. The average molecular weight is 629 g/mol. The van der Waals surface area contributed by atoms with Crippen LogP contribution in [0.4, 0.5) is 5.69 Å². The zero-order chi connectivity index (χ0) is 30.7. The van der Waals surface area contributed by atoms with Gasteiger partial charge in [-0.1, -0.05) is 50.6 Å². The largest absolute Gasteiger partial charge is 0.487 e. The third kappa shape index (κ3) is 7.58. The summed E-state index contributed by atoms with van der Waals surface area (Å²) < 4.78 is 36.1. The monoisotopic (exact) mass is 628 g/mol. The molecule has 0 unspecified atom stereocenters. The zero-order valence-corrected chi connectivity index (χ0v) is 27.0. The molecule has 2 bridgehead atoms. The first kappa shape index (κ1) is 31.9. The van der Waals surface area contributed by atoms with Crippen LogP contribution in [-0.4, -0.2) is 43.9 Å². The van der Waals surface area contributed by atoms with Crippen molar-refractivity contribution in [2.45, 2.75) is 83.7 Å². The SMILES string of the molecule is CC(C)C[C@@H]1[C@@H](C)C/C=C/[C@H](O)[C@@H]2CC[C@H]2CN2CCCCc3cc(Cl)ccc3COc3ccc(cc32)C(=O)NS1(=O)=O.